The lowest BCUT2D eigenvalue weighted by Gasteiger charge is -2.40. The zero-order valence-corrected chi connectivity index (χ0v) is 17.3. The summed E-state index contributed by atoms with van der Waals surface area (Å²) in [6, 6.07) is 4.29. The van der Waals surface area contributed by atoms with Crippen molar-refractivity contribution in [3.8, 4) is 0 Å². The van der Waals surface area contributed by atoms with Gasteiger partial charge in [0.2, 0.25) is 0 Å². The number of hydrogen-bond donors (Lipinski definition) is 1. The van der Waals surface area contributed by atoms with Crippen LogP contribution in [0.1, 0.15) is 56.9 Å². The van der Waals surface area contributed by atoms with Crippen molar-refractivity contribution < 1.29 is 0 Å². The van der Waals surface area contributed by atoms with Crippen molar-refractivity contribution in [2.24, 2.45) is 10.8 Å². The van der Waals surface area contributed by atoms with E-state index in [1.165, 1.54) is 19.3 Å². The highest BCUT2D eigenvalue weighted by Crippen LogP contribution is 2.52. The van der Waals surface area contributed by atoms with E-state index >= 15 is 0 Å². The minimum Gasteiger partial charge on any atom is -0.358 e. The molecule has 2 atom stereocenters. The van der Waals surface area contributed by atoms with E-state index in [9.17, 15) is 4.79 Å². The average molecular weight is 373 g/mol. The maximum absolute atomic E-state index is 13.2. The predicted molar refractivity (Wildman–Crippen MR) is 109 cm³/mol. The van der Waals surface area contributed by atoms with Crippen LogP contribution in [0.5, 0.6) is 0 Å². The summed E-state index contributed by atoms with van der Waals surface area (Å²) in [7, 11) is 0. The minimum atomic E-state index is 0.132. The summed E-state index contributed by atoms with van der Waals surface area (Å²) in [4.78, 5) is 19.3. The molecule has 2 heterocycles. The van der Waals surface area contributed by atoms with Crippen molar-refractivity contribution in [2.75, 3.05) is 6.54 Å². The molecule has 0 spiro atoms. The van der Waals surface area contributed by atoms with Crippen LogP contribution in [-0.2, 0) is 6.54 Å². The largest absolute Gasteiger partial charge is 0.358 e. The second kappa shape index (κ2) is 5.84. The maximum Gasteiger partial charge on any atom is 0.194 e. The second-order valence-corrected chi connectivity index (χ2v) is 10.3. The number of aryl methyl sites for hydroxylation is 2. The molecule has 1 N–H and O–H groups in total. The number of nitrogens with zero attached hydrogens (tertiary/aromatic N) is 1. The summed E-state index contributed by atoms with van der Waals surface area (Å²) in [6.07, 6.45) is 3.75. The zero-order valence-electron chi connectivity index (χ0n) is 16.5. The molecule has 2 bridgehead atoms. The lowest BCUT2D eigenvalue weighted by Crippen LogP contribution is -2.35. The molecule has 1 saturated heterocycles. The first-order chi connectivity index (χ1) is 12.1. The van der Waals surface area contributed by atoms with Crippen LogP contribution in [0.3, 0.4) is 0 Å². The van der Waals surface area contributed by atoms with Crippen LogP contribution in [-0.4, -0.2) is 22.5 Å². The molecule has 2 fully saturated rings. The summed E-state index contributed by atoms with van der Waals surface area (Å²) in [5.41, 5.74) is 4.71. The summed E-state index contributed by atoms with van der Waals surface area (Å²) in [6.45, 7) is 13.0. The molecule has 3 nitrogen and oxygen atoms in total. The molecule has 4 rings (SSSR count). The fourth-order valence-electron chi connectivity index (χ4n) is 5.84. The number of aromatic nitrogens is 1. The van der Waals surface area contributed by atoms with E-state index in [1.54, 1.807) is 6.07 Å². The Bertz CT molecular complexity index is 945. The maximum atomic E-state index is 13.2. The number of halogens is 1. The Labute approximate surface area is 160 Å². The molecule has 0 amide bonds. The molecule has 26 heavy (non-hydrogen) atoms. The van der Waals surface area contributed by atoms with Crippen molar-refractivity contribution in [1.82, 2.24) is 9.88 Å². The van der Waals surface area contributed by atoms with Crippen LogP contribution in [0.4, 0.5) is 0 Å². The number of likely N-dealkylation sites (tertiary alicyclic amines) is 1. The standard InChI is InChI=1S/C22H29ClN2O/c1-13-6-15(23)7-17-19(13)24-14(2)18(20(17)26)10-25-12-22(5)9-16(25)8-21(3,4)11-22/h6-7,16H,8-12H2,1-5H3,(H,24,26)/t16-,22+/m0/s1. The summed E-state index contributed by atoms with van der Waals surface area (Å²) >= 11 is 6.22. The van der Waals surface area contributed by atoms with Crippen LogP contribution < -0.4 is 5.43 Å². The van der Waals surface area contributed by atoms with Crippen LogP contribution in [0.2, 0.25) is 5.02 Å². The number of aromatic amines is 1. The van der Waals surface area contributed by atoms with Gasteiger partial charge in [0.25, 0.3) is 0 Å². The number of hydrogen-bond acceptors (Lipinski definition) is 2. The third-order valence-electron chi connectivity index (χ3n) is 6.47. The van der Waals surface area contributed by atoms with Crippen molar-refractivity contribution in [3.63, 3.8) is 0 Å². The van der Waals surface area contributed by atoms with E-state index in [2.05, 4.69) is 30.7 Å². The van der Waals surface area contributed by atoms with Crippen molar-refractivity contribution in [1.29, 1.82) is 0 Å². The average Bonchev–Trinajstić information content (AvgIpc) is 2.73. The molecule has 1 aliphatic heterocycles. The molecule has 140 valence electrons. The molecule has 4 heteroatoms. The first-order valence-electron chi connectivity index (χ1n) is 9.63. The molecule has 0 radical (unpaired) electrons. The van der Waals surface area contributed by atoms with Gasteiger partial charge in [-0.15, -0.1) is 0 Å². The molecule has 2 aromatic rings. The normalized spacial score (nSPS) is 28.0. The Morgan fingerprint density at radius 3 is 2.69 bits per heavy atom. The van der Waals surface area contributed by atoms with Gasteiger partial charge in [-0.05, 0) is 61.6 Å². The van der Waals surface area contributed by atoms with Crippen LogP contribution in [0.15, 0.2) is 16.9 Å². The highest BCUT2D eigenvalue weighted by atomic mass is 35.5. The summed E-state index contributed by atoms with van der Waals surface area (Å²) < 4.78 is 0. The first-order valence-corrected chi connectivity index (χ1v) is 10.0. The van der Waals surface area contributed by atoms with Gasteiger partial charge in [-0.3, -0.25) is 9.69 Å². The van der Waals surface area contributed by atoms with Crippen LogP contribution >= 0.6 is 11.6 Å². The van der Waals surface area contributed by atoms with E-state index in [0.717, 1.165) is 35.4 Å². The molecule has 2 aliphatic rings. The second-order valence-electron chi connectivity index (χ2n) is 9.82. The molecular weight excluding hydrogens is 344 g/mol. The number of benzene rings is 1. The van der Waals surface area contributed by atoms with Crippen molar-refractivity contribution in [3.05, 3.63) is 44.2 Å². The van der Waals surface area contributed by atoms with Crippen molar-refractivity contribution >= 4 is 22.5 Å². The first kappa shape index (κ1) is 18.1. The zero-order chi connectivity index (χ0) is 18.9. The summed E-state index contributed by atoms with van der Waals surface area (Å²) in [5, 5.41) is 1.34. The third kappa shape index (κ3) is 2.99. The van der Waals surface area contributed by atoms with Gasteiger partial charge < -0.3 is 4.98 Å². The van der Waals surface area contributed by atoms with Crippen LogP contribution in [0.25, 0.3) is 10.9 Å². The van der Waals surface area contributed by atoms with E-state index < -0.39 is 0 Å². The SMILES string of the molecule is Cc1[nH]c2c(C)cc(Cl)cc2c(=O)c1CN1C[C@]2(C)C[C@@H]1CC(C)(C)C2. The lowest BCUT2D eigenvalue weighted by molar-refractivity contribution is 0.126. The number of pyridine rings is 1. The van der Waals surface area contributed by atoms with E-state index in [-0.39, 0.29) is 5.43 Å². The Hall–Kier alpha value is -1.32. The van der Waals surface area contributed by atoms with Gasteiger partial charge in [0.1, 0.15) is 0 Å². The molecular formula is C22H29ClN2O. The van der Waals surface area contributed by atoms with E-state index in [1.807, 2.05) is 19.9 Å². The fraction of sp³-hybridized carbons (Fsp3) is 0.591. The molecule has 1 aliphatic carbocycles. The predicted octanol–water partition coefficient (Wildman–Crippen LogP) is 5.20. The Morgan fingerprint density at radius 1 is 1.23 bits per heavy atom. The van der Waals surface area contributed by atoms with E-state index in [4.69, 9.17) is 11.6 Å². The fourth-order valence-corrected chi connectivity index (χ4v) is 6.11. The van der Waals surface area contributed by atoms with Gasteiger partial charge in [-0.1, -0.05) is 32.4 Å². The molecule has 0 unspecified atom stereocenters. The molecule has 1 aromatic carbocycles. The smallest absolute Gasteiger partial charge is 0.194 e. The van der Waals surface area contributed by atoms with Gasteiger partial charge in [0, 0.05) is 40.8 Å². The lowest BCUT2D eigenvalue weighted by atomic mass is 9.65. The number of nitrogens with one attached hydrogen (secondary N) is 1. The Morgan fingerprint density at radius 2 is 1.96 bits per heavy atom. The third-order valence-corrected chi connectivity index (χ3v) is 6.69. The van der Waals surface area contributed by atoms with Gasteiger partial charge in [0.15, 0.2) is 5.43 Å². The van der Waals surface area contributed by atoms with Crippen LogP contribution in [0, 0.1) is 24.7 Å². The van der Waals surface area contributed by atoms with Gasteiger partial charge in [0.05, 0.1) is 5.52 Å². The summed E-state index contributed by atoms with van der Waals surface area (Å²) in [5.74, 6) is 0. The number of H-pyrrole nitrogens is 1. The molecule has 1 saturated carbocycles. The highest BCUT2D eigenvalue weighted by Gasteiger charge is 2.49. The Balaban J connectivity index is 1.74. The van der Waals surface area contributed by atoms with Gasteiger partial charge in [-0.25, -0.2) is 0 Å². The molecule has 1 aromatic heterocycles. The number of fused-ring (bicyclic) bond motifs is 3. The Kier molecular flexibility index (Phi) is 4.06. The van der Waals surface area contributed by atoms with Gasteiger partial charge >= 0.3 is 0 Å². The van der Waals surface area contributed by atoms with Gasteiger partial charge in [-0.2, -0.15) is 0 Å². The topological polar surface area (TPSA) is 36.1 Å². The van der Waals surface area contributed by atoms with E-state index in [0.29, 0.717) is 27.3 Å². The number of rotatable bonds is 2. The van der Waals surface area contributed by atoms with Crippen molar-refractivity contribution in [2.45, 2.75) is 66.5 Å². The monoisotopic (exact) mass is 372 g/mol. The highest BCUT2D eigenvalue weighted by molar-refractivity contribution is 6.31. The quantitative estimate of drug-likeness (QED) is 0.786. The minimum absolute atomic E-state index is 0.132.